The maximum Gasteiger partial charge on any atom is 0.196 e. The number of hydrogen-bond acceptors (Lipinski definition) is 5. The maximum absolute atomic E-state index is 5.36. The molecule has 27 heavy (non-hydrogen) atoms. The zero-order valence-electron chi connectivity index (χ0n) is 14.8. The van der Waals surface area contributed by atoms with Crippen molar-refractivity contribution in [3.05, 3.63) is 84.7 Å². The lowest BCUT2D eigenvalue weighted by molar-refractivity contribution is 0.415. The van der Waals surface area contributed by atoms with Gasteiger partial charge in [-0.2, -0.15) is 0 Å². The third kappa shape index (κ3) is 3.85. The van der Waals surface area contributed by atoms with Gasteiger partial charge in [0, 0.05) is 23.2 Å². The van der Waals surface area contributed by atoms with Crippen LogP contribution < -0.4 is 4.74 Å². The highest BCUT2D eigenvalue weighted by molar-refractivity contribution is 7.98. The molecule has 2 heterocycles. The van der Waals surface area contributed by atoms with Crippen molar-refractivity contribution in [2.24, 2.45) is 0 Å². The highest BCUT2D eigenvalue weighted by Gasteiger charge is 2.16. The molecule has 0 radical (unpaired) electrons. The Bertz CT molecular complexity index is 1020. The Morgan fingerprint density at radius 2 is 1.78 bits per heavy atom. The van der Waals surface area contributed by atoms with Crippen molar-refractivity contribution in [1.29, 1.82) is 0 Å². The molecule has 0 aliphatic rings. The Morgan fingerprint density at radius 3 is 2.56 bits per heavy atom. The van der Waals surface area contributed by atoms with Crippen molar-refractivity contribution in [1.82, 2.24) is 19.7 Å². The summed E-state index contributed by atoms with van der Waals surface area (Å²) < 4.78 is 7.43. The van der Waals surface area contributed by atoms with E-state index in [4.69, 9.17) is 4.74 Å². The Hall–Kier alpha value is -3.12. The van der Waals surface area contributed by atoms with E-state index < -0.39 is 0 Å². The zero-order valence-corrected chi connectivity index (χ0v) is 15.6. The van der Waals surface area contributed by atoms with E-state index in [0.717, 1.165) is 39.4 Å². The van der Waals surface area contributed by atoms with Gasteiger partial charge in [-0.15, -0.1) is 10.2 Å². The van der Waals surface area contributed by atoms with Crippen LogP contribution in [0.2, 0.25) is 0 Å². The fourth-order valence-electron chi connectivity index (χ4n) is 2.74. The molecular formula is C21H18N4OS. The second-order valence-electron chi connectivity index (χ2n) is 5.82. The summed E-state index contributed by atoms with van der Waals surface area (Å²) in [7, 11) is 1.66. The van der Waals surface area contributed by atoms with Crippen LogP contribution in [-0.2, 0) is 5.75 Å². The molecule has 4 rings (SSSR count). The van der Waals surface area contributed by atoms with Gasteiger partial charge in [-0.3, -0.25) is 9.55 Å². The first-order valence-corrected chi connectivity index (χ1v) is 9.51. The number of thioether (sulfide) groups is 1. The van der Waals surface area contributed by atoms with Crippen molar-refractivity contribution in [3.8, 4) is 22.8 Å². The lowest BCUT2D eigenvalue weighted by atomic mass is 10.2. The van der Waals surface area contributed by atoms with E-state index in [2.05, 4.69) is 31.9 Å². The number of methoxy groups -OCH3 is 1. The van der Waals surface area contributed by atoms with Gasteiger partial charge in [0.15, 0.2) is 11.0 Å². The summed E-state index contributed by atoms with van der Waals surface area (Å²) in [5.41, 5.74) is 2.98. The van der Waals surface area contributed by atoms with Gasteiger partial charge in [-0.1, -0.05) is 48.2 Å². The molecule has 0 aliphatic heterocycles. The lowest BCUT2D eigenvalue weighted by Gasteiger charge is -2.11. The summed E-state index contributed by atoms with van der Waals surface area (Å²) in [6.45, 7) is 0. The molecule has 0 unspecified atom stereocenters. The Labute approximate surface area is 162 Å². The van der Waals surface area contributed by atoms with Gasteiger partial charge in [0.05, 0.1) is 12.8 Å². The van der Waals surface area contributed by atoms with E-state index in [0.29, 0.717) is 0 Å². The van der Waals surface area contributed by atoms with Gasteiger partial charge in [-0.05, 0) is 36.4 Å². The van der Waals surface area contributed by atoms with Crippen molar-refractivity contribution >= 4 is 11.8 Å². The number of para-hydroxylation sites is 1. The van der Waals surface area contributed by atoms with Gasteiger partial charge in [-0.25, -0.2) is 0 Å². The molecule has 0 N–H and O–H groups in total. The summed E-state index contributed by atoms with van der Waals surface area (Å²) in [4.78, 5) is 4.39. The first-order valence-electron chi connectivity index (χ1n) is 8.53. The molecule has 0 fully saturated rings. The fourth-order valence-corrected chi connectivity index (χ4v) is 3.61. The molecule has 134 valence electrons. The van der Waals surface area contributed by atoms with Crippen molar-refractivity contribution in [2.75, 3.05) is 7.11 Å². The molecule has 0 amide bonds. The number of rotatable bonds is 6. The second-order valence-corrected chi connectivity index (χ2v) is 6.76. The van der Waals surface area contributed by atoms with Crippen molar-refractivity contribution in [3.63, 3.8) is 0 Å². The van der Waals surface area contributed by atoms with E-state index in [1.54, 1.807) is 25.1 Å². The number of pyridine rings is 1. The van der Waals surface area contributed by atoms with Gasteiger partial charge in [0.25, 0.3) is 0 Å². The summed E-state index contributed by atoms with van der Waals surface area (Å²) >= 11 is 1.62. The van der Waals surface area contributed by atoms with Gasteiger partial charge < -0.3 is 4.74 Å². The van der Waals surface area contributed by atoms with Crippen LogP contribution in [0.5, 0.6) is 5.75 Å². The topological polar surface area (TPSA) is 52.8 Å². The molecule has 5 nitrogen and oxygen atoms in total. The standard InChI is InChI=1S/C21H18N4OS/c1-26-19-12-7-8-16(14-19)20-23-24-21(25(20)18-10-3-2-4-11-18)27-15-17-9-5-6-13-22-17/h2-14H,15H2,1H3. The Morgan fingerprint density at radius 1 is 0.926 bits per heavy atom. The number of nitrogens with zero attached hydrogens (tertiary/aromatic N) is 4. The van der Waals surface area contributed by atoms with E-state index in [-0.39, 0.29) is 0 Å². The molecule has 2 aromatic heterocycles. The number of aromatic nitrogens is 4. The first kappa shape index (κ1) is 17.3. The predicted molar refractivity (Wildman–Crippen MR) is 107 cm³/mol. The molecular weight excluding hydrogens is 356 g/mol. The summed E-state index contributed by atoms with van der Waals surface area (Å²) in [6.07, 6.45) is 1.81. The number of hydrogen-bond donors (Lipinski definition) is 0. The molecule has 0 saturated heterocycles. The largest absolute Gasteiger partial charge is 0.497 e. The monoisotopic (exact) mass is 374 g/mol. The Kier molecular flexibility index (Phi) is 5.16. The van der Waals surface area contributed by atoms with Crippen molar-refractivity contribution < 1.29 is 4.74 Å². The highest BCUT2D eigenvalue weighted by Crippen LogP contribution is 2.30. The summed E-state index contributed by atoms with van der Waals surface area (Å²) in [5, 5.41) is 9.74. The van der Waals surface area contributed by atoms with Crippen LogP contribution in [0.4, 0.5) is 0 Å². The zero-order chi connectivity index (χ0) is 18.5. The average Bonchev–Trinajstić information content (AvgIpc) is 3.17. The SMILES string of the molecule is COc1cccc(-c2nnc(SCc3ccccn3)n2-c2ccccc2)c1. The molecule has 6 heteroatoms. The summed E-state index contributed by atoms with van der Waals surface area (Å²) in [5.74, 6) is 2.30. The minimum atomic E-state index is 0.726. The third-order valence-corrected chi connectivity index (χ3v) is 5.01. The number of benzene rings is 2. The minimum Gasteiger partial charge on any atom is -0.497 e. The van der Waals surface area contributed by atoms with Crippen LogP contribution in [0.25, 0.3) is 17.1 Å². The van der Waals surface area contributed by atoms with E-state index in [1.165, 1.54) is 0 Å². The quantitative estimate of drug-likeness (QED) is 0.461. The molecule has 0 bridgehead atoms. The lowest BCUT2D eigenvalue weighted by Crippen LogP contribution is -2.00. The normalized spacial score (nSPS) is 10.7. The molecule has 4 aromatic rings. The van der Waals surface area contributed by atoms with E-state index in [9.17, 15) is 0 Å². The number of ether oxygens (including phenoxy) is 1. The maximum atomic E-state index is 5.36. The predicted octanol–water partition coefficient (Wildman–Crippen LogP) is 4.63. The van der Waals surface area contributed by atoms with Crippen LogP contribution in [0, 0.1) is 0 Å². The van der Waals surface area contributed by atoms with Gasteiger partial charge in [0.1, 0.15) is 5.75 Å². The smallest absolute Gasteiger partial charge is 0.196 e. The average molecular weight is 374 g/mol. The van der Waals surface area contributed by atoms with E-state index in [1.807, 2.05) is 60.7 Å². The molecule has 2 aromatic carbocycles. The van der Waals surface area contributed by atoms with Crippen LogP contribution in [0.15, 0.2) is 84.1 Å². The Balaban J connectivity index is 1.74. The first-order chi connectivity index (χ1) is 13.3. The summed E-state index contributed by atoms with van der Waals surface area (Å²) in [6, 6.07) is 23.9. The van der Waals surface area contributed by atoms with Crippen LogP contribution in [0.3, 0.4) is 0 Å². The van der Waals surface area contributed by atoms with Crippen LogP contribution >= 0.6 is 11.8 Å². The third-order valence-electron chi connectivity index (χ3n) is 4.05. The highest BCUT2D eigenvalue weighted by atomic mass is 32.2. The second kappa shape index (κ2) is 8.05. The molecule has 0 aliphatic carbocycles. The van der Waals surface area contributed by atoms with Crippen molar-refractivity contribution in [2.45, 2.75) is 10.9 Å². The van der Waals surface area contributed by atoms with Crippen LogP contribution in [-0.4, -0.2) is 26.9 Å². The minimum absolute atomic E-state index is 0.726. The van der Waals surface area contributed by atoms with E-state index >= 15 is 0 Å². The molecule has 0 atom stereocenters. The molecule has 0 spiro atoms. The van der Waals surface area contributed by atoms with Gasteiger partial charge in [0.2, 0.25) is 0 Å². The van der Waals surface area contributed by atoms with Crippen LogP contribution in [0.1, 0.15) is 5.69 Å². The fraction of sp³-hybridized carbons (Fsp3) is 0.0952. The molecule has 0 saturated carbocycles. The van der Waals surface area contributed by atoms with Gasteiger partial charge >= 0.3 is 0 Å².